The van der Waals surface area contributed by atoms with Crippen LogP contribution in [-0.4, -0.2) is 69.3 Å². The van der Waals surface area contributed by atoms with E-state index in [2.05, 4.69) is 10.2 Å². The van der Waals surface area contributed by atoms with Gasteiger partial charge in [0.1, 0.15) is 4.90 Å². The highest BCUT2D eigenvalue weighted by molar-refractivity contribution is 7.89. The number of nitrogens with zero attached hydrogens (tertiary/aromatic N) is 6. The minimum Gasteiger partial charge on any atom is -0.340 e. The molecule has 0 N–H and O–H groups in total. The highest BCUT2D eigenvalue weighted by Gasteiger charge is 2.32. The molecule has 1 aliphatic rings. The number of aryl methyl sites for hydroxylation is 3. The van der Waals surface area contributed by atoms with Gasteiger partial charge in [0.15, 0.2) is 0 Å². The molecule has 27 heavy (non-hydrogen) atoms. The van der Waals surface area contributed by atoms with Gasteiger partial charge in [-0.05, 0) is 13.8 Å². The zero-order valence-corrected chi connectivity index (χ0v) is 17.2. The van der Waals surface area contributed by atoms with Gasteiger partial charge < -0.3 is 4.90 Å². The first-order chi connectivity index (χ1) is 12.7. The predicted octanol–water partition coefficient (Wildman–Crippen LogP) is 0.810. The third-order valence-electron chi connectivity index (χ3n) is 4.84. The third-order valence-corrected chi connectivity index (χ3v) is 7.21. The molecule has 9 nitrogen and oxygen atoms in total. The summed E-state index contributed by atoms with van der Waals surface area (Å²) in [5.74, 6) is -0.0196. The quantitative estimate of drug-likeness (QED) is 0.721. The molecule has 1 fully saturated rings. The van der Waals surface area contributed by atoms with Crippen LogP contribution in [0.1, 0.15) is 17.8 Å². The van der Waals surface area contributed by atoms with Crippen LogP contribution in [0.3, 0.4) is 0 Å². The van der Waals surface area contributed by atoms with Crippen molar-refractivity contribution in [3.63, 3.8) is 0 Å². The Morgan fingerprint density at radius 2 is 1.89 bits per heavy atom. The van der Waals surface area contributed by atoms with E-state index in [1.54, 1.807) is 29.7 Å². The molecule has 2 aromatic rings. The number of carbonyl (C=O) groups excluding carboxylic acids is 1. The van der Waals surface area contributed by atoms with Gasteiger partial charge in [0.2, 0.25) is 15.9 Å². The molecule has 1 saturated heterocycles. The van der Waals surface area contributed by atoms with Crippen molar-refractivity contribution >= 4 is 27.5 Å². The molecule has 0 aromatic carbocycles. The van der Waals surface area contributed by atoms with Crippen molar-refractivity contribution in [2.45, 2.75) is 31.7 Å². The smallest absolute Gasteiger partial charge is 0.246 e. The molecule has 0 atom stereocenters. The zero-order valence-electron chi connectivity index (χ0n) is 15.6. The Kier molecular flexibility index (Phi) is 5.59. The normalized spacial score (nSPS) is 16.1. The second-order valence-electron chi connectivity index (χ2n) is 6.58. The highest BCUT2D eigenvalue weighted by Crippen LogP contribution is 2.20. The van der Waals surface area contributed by atoms with Crippen LogP contribution in [0, 0.1) is 13.8 Å². The summed E-state index contributed by atoms with van der Waals surface area (Å²) in [6.07, 6.45) is 3.37. The number of sulfonamides is 1. The lowest BCUT2D eigenvalue weighted by Gasteiger charge is -2.34. The Labute approximate surface area is 163 Å². The van der Waals surface area contributed by atoms with Crippen LogP contribution >= 0.6 is 11.6 Å². The van der Waals surface area contributed by atoms with E-state index in [0.29, 0.717) is 36.8 Å². The first kappa shape index (κ1) is 19.8. The lowest BCUT2D eigenvalue weighted by molar-refractivity contribution is -0.132. The maximum atomic E-state index is 12.8. The lowest BCUT2D eigenvalue weighted by atomic mass is 10.3. The number of halogens is 1. The number of piperazine rings is 1. The second kappa shape index (κ2) is 7.61. The standard InChI is InChI=1S/C16H23ClN6O3S/c1-12-14(17)11-22(19-12)5-4-16(24)21-6-8-23(9-7-21)27(25,26)15-10-18-20(3)13(15)2/h10-11H,4-9H2,1-3H3. The van der Waals surface area contributed by atoms with Crippen molar-refractivity contribution in [3.8, 4) is 0 Å². The average Bonchev–Trinajstić information content (AvgIpc) is 3.15. The van der Waals surface area contributed by atoms with Crippen LogP contribution in [0.25, 0.3) is 0 Å². The van der Waals surface area contributed by atoms with E-state index in [-0.39, 0.29) is 23.9 Å². The van der Waals surface area contributed by atoms with Gasteiger partial charge in [0.25, 0.3) is 0 Å². The van der Waals surface area contributed by atoms with Crippen molar-refractivity contribution in [1.82, 2.24) is 28.8 Å². The van der Waals surface area contributed by atoms with Gasteiger partial charge in [-0.2, -0.15) is 14.5 Å². The van der Waals surface area contributed by atoms with Gasteiger partial charge in [-0.3, -0.25) is 14.2 Å². The predicted molar refractivity (Wildman–Crippen MR) is 99.9 cm³/mol. The number of hydrogen-bond donors (Lipinski definition) is 0. The van der Waals surface area contributed by atoms with Crippen molar-refractivity contribution < 1.29 is 13.2 Å². The maximum Gasteiger partial charge on any atom is 0.246 e. The topological polar surface area (TPSA) is 93.3 Å². The minimum absolute atomic E-state index is 0.0196. The SMILES string of the molecule is Cc1nn(CCC(=O)N2CCN(S(=O)(=O)c3cnn(C)c3C)CC2)cc1Cl. The van der Waals surface area contributed by atoms with Crippen LogP contribution in [0.4, 0.5) is 0 Å². The summed E-state index contributed by atoms with van der Waals surface area (Å²) >= 11 is 5.97. The molecule has 148 valence electrons. The second-order valence-corrected chi connectivity index (χ2v) is 8.89. The first-order valence-electron chi connectivity index (χ1n) is 8.66. The summed E-state index contributed by atoms with van der Waals surface area (Å²) in [7, 11) is -1.89. The fourth-order valence-electron chi connectivity index (χ4n) is 3.03. The Bertz CT molecular complexity index is 924. The fraction of sp³-hybridized carbons (Fsp3) is 0.562. The van der Waals surface area contributed by atoms with Crippen LogP contribution in [0.5, 0.6) is 0 Å². The molecule has 0 saturated carbocycles. The van der Waals surface area contributed by atoms with Crippen LogP contribution in [-0.2, 0) is 28.4 Å². The van der Waals surface area contributed by atoms with Crippen molar-refractivity contribution in [2.24, 2.45) is 7.05 Å². The van der Waals surface area contributed by atoms with Gasteiger partial charge in [-0.1, -0.05) is 11.6 Å². The largest absolute Gasteiger partial charge is 0.340 e. The summed E-state index contributed by atoms with van der Waals surface area (Å²) in [4.78, 5) is 14.3. The van der Waals surface area contributed by atoms with Gasteiger partial charge in [-0.15, -0.1) is 0 Å². The molecule has 0 radical (unpaired) electrons. The molecular weight excluding hydrogens is 392 g/mol. The Morgan fingerprint density at radius 3 is 2.41 bits per heavy atom. The van der Waals surface area contributed by atoms with Gasteiger partial charge in [-0.25, -0.2) is 8.42 Å². The van der Waals surface area contributed by atoms with E-state index < -0.39 is 10.0 Å². The third kappa shape index (κ3) is 4.02. The Balaban J connectivity index is 1.56. The maximum absolute atomic E-state index is 12.8. The molecule has 0 spiro atoms. The fourth-order valence-corrected chi connectivity index (χ4v) is 4.78. The molecule has 0 unspecified atom stereocenters. The minimum atomic E-state index is -3.60. The van der Waals surface area contributed by atoms with E-state index in [1.165, 1.54) is 15.2 Å². The van der Waals surface area contributed by atoms with Gasteiger partial charge in [0.05, 0.1) is 22.6 Å². The molecule has 1 aliphatic heterocycles. The molecule has 3 rings (SSSR count). The van der Waals surface area contributed by atoms with E-state index in [4.69, 9.17) is 11.6 Å². The molecule has 11 heteroatoms. The number of hydrogen-bond acceptors (Lipinski definition) is 5. The van der Waals surface area contributed by atoms with Gasteiger partial charge >= 0.3 is 0 Å². The van der Waals surface area contributed by atoms with Crippen molar-refractivity contribution in [1.29, 1.82) is 0 Å². The van der Waals surface area contributed by atoms with Crippen LogP contribution in [0.15, 0.2) is 17.3 Å². The number of carbonyl (C=O) groups is 1. The molecule has 1 amide bonds. The monoisotopic (exact) mass is 414 g/mol. The zero-order chi connectivity index (χ0) is 19.8. The number of rotatable bonds is 5. The summed E-state index contributed by atoms with van der Waals surface area (Å²) in [6.45, 7) is 5.27. The Hall–Kier alpha value is -1.91. The molecular formula is C16H23ClN6O3S. The van der Waals surface area contributed by atoms with Crippen LogP contribution in [0.2, 0.25) is 5.02 Å². The number of amides is 1. The molecule has 0 bridgehead atoms. The first-order valence-corrected chi connectivity index (χ1v) is 10.5. The molecule has 2 aromatic heterocycles. The van der Waals surface area contributed by atoms with Crippen molar-refractivity contribution in [2.75, 3.05) is 26.2 Å². The average molecular weight is 415 g/mol. The summed E-state index contributed by atoms with van der Waals surface area (Å²) in [5.41, 5.74) is 1.33. The number of aromatic nitrogens is 4. The van der Waals surface area contributed by atoms with E-state index >= 15 is 0 Å². The summed E-state index contributed by atoms with van der Waals surface area (Å²) in [6, 6.07) is 0. The van der Waals surface area contributed by atoms with E-state index in [1.807, 2.05) is 6.92 Å². The molecule has 0 aliphatic carbocycles. The van der Waals surface area contributed by atoms with Gasteiger partial charge in [0, 0.05) is 52.4 Å². The summed E-state index contributed by atoms with van der Waals surface area (Å²) in [5, 5.41) is 8.82. The van der Waals surface area contributed by atoms with E-state index in [9.17, 15) is 13.2 Å². The molecule has 3 heterocycles. The highest BCUT2D eigenvalue weighted by atomic mass is 35.5. The Morgan fingerprint density at radius 1 is 1.22 bits per heavy atom. The van der Waals surface area contributed by atoms with Crippen molar-refractivity contribution in [3.05, 3.63) is 28.8 Å². The lowest BCUT2D eigenvalue weighted by Crippen LogP contribution is -2.50. The van der Waals surface area contributed by atoms with E-state index in [0.717, 1.165) is 5.69 Å². The van der Waals surface area contributed by atoms with Crippen LogP contribution < -0.4 is 0 Å². The summed E-state index contributed by atoms with van der Waals surface area (Å²) < 4.78 is 30.2.